The van der Waals surface area contributed by atoms with Crippen molar-refractivity contribution in [2.24, 2.45) is 5.73 Å². The molecule has 2 unspecified atom stereocenters. The molecule has 4 nitrogen and oxygen atoms in total. The highest BCUT2D eigenvalue weighted by molar-refractivity contribution is 7.10. The number of hydrogen-bond acceptors (Lipinski definition) is 5. The quantitative estimate of drug-likeness (QED) is 0.798. The second kappa shape index (κ2) is 7.04. The molecule has 1 fully saturated rings. The van der Waals surface area contributed by atoms with Gasteiger partial charge in [-0.3, -0.25) is 4.90 Å². The zero-order chi connectivity index (χ0) is 13.7. The van der Waals surface area contributed by atoms with Crippen LogP contribution in [0.1, 0.15) is 17.4 Å². The highest BCUT2D eigenvalue weighted by atomic mass is 32.1. The van der Waals surface area contributed by atoms with E-state index in [0.717, 1.165) is 18.7 Å². The fraction of sp³-hybridized carbons (Fsp3) is 0.571. The highest BCUT2D eigenvalue weighted by Crippen LogP contribution is 2.21. The van der Waals surface area contributed by atoms with Crippen molar-refractivity contribution < 1.29 is 9.84 Å². The number of nitrogens with zero attached hydrogens (tertiary/aromatic N) is 1. The van der Waals surface area contributed by atoms with Crippen molar-refractivity contribution in [3.8, 4) is 11.8 Å². The second-order valence-corrected chi connectivity index (χ2v) is 5.68. The maximum atomic E-state index is 9.21. The first-order valence-corrected chi connectivity index (χ1v) is 7.34. The van der Waals surface area contributed by atoms with Crippen LogP contribution < -0.4 is 5.73 Å². The van der Waals surface area contributed by atoms with E-state index in [9.17, 15) is 5.11 Å². The lowest BCUT2D eigenvalue weighted by atomic mass is 10.1. The molecule has 5 heteroatoms. The van der Waals surface area contributed by atoms with Gasteiger partial charge in [0.05, 0.1) is 25.9 Å². The Morgan fingerprint density at radius 1 is 1.63 bits per heavy atom. The molecule has 0 radical (unpaired) electrons. The van der Waals surface area contributed by atoms with Gasteiger partial charge >= 0.3 is 0 Å². The molecule has 0 aromatic carbocycles. The normalized spacial score (nSPS) is 23.9. The van der Waals surface area contributed by atoms with Crippen LogP contribution in [0.4, 0.5) is 0 Å². The summed E-state index contributed by atoms with van der Waals surface area (Å²) in [6, 6.07) is 2.40. The fourth-order valence-corrected chi connectivity index (χ4v) is 2.97. The monoisotopic (exact) mass is 280 g/mol. The molecule has 2 rings (SSSR count). The maximum absolute atomic E-state index is 9.21. The van der Waals surface area contributed by atoms with E-state index in [-0.39, 0.29) is 12.7 Å². The molecule has 2 atom stereocenters. The molecule has 0 saturated carbocycles. The van der Waals surface area contributed by atoms with Gasteiger partial charge < -0.3 is 15.6 Å². The molecule has 19 heavy (non-hydrogen) atoms. The molecule has 2 heterocycles. The Bertz CT molecular complexity index is 464. The van der Waals surface area contributed by atoms with E-state index in [0.29, 0.717) is 19.2 Å². The molecule has 1 saturated heterocycles. The van der Waals surface area contributed by atoms with Crippen LogP contribution in [0.5, 0.6) is 0 Å². The van der Waals surface area contributed by atoms with Crippen molar-refractivity contribution in [2.75, 3.05) is 26.3 Å². The summed E-state index contributed by atoms with van der Waals surface area (Å²) in [6.45, 7) is 4.89. The Balaban J connectivity index is 2.05. The zero-order valence-corrected chi connectivity index (χ0v) is 11.9. The molecule has 0 aliphatic carbocycles. The first-order chi connectivity index (χ1) is 9.24. The molecule has 104 valence electrons. The summed E-state index contributed by atoms with van der Waals surface area (Å²) in [7, 11) is 0. The standard InChI is InChI=1S/C14H20N2O2S/c1-11-10-18-13(9-17)7-16(11)8-14-12(3-2-5-15)4-6-19-14/h4,6,11,13,17H,5,7-10,15H2,1H3. The Hall–Kier alpha value is -0.900. The molecule has 0 amide bonds. The number of rotatable bonds is 3. The lowest BCUT2D eigenvalue weighted by Crippen LogP contribution is -2.48. The third-order valence-electron chi connectivity index (χ3n) is 3.26. The van der Waals surface area contributed by atoms with E-state index < -0.39 is 0 Å². The van der Waals surface area contributed by atoms with Gasteiger partial charge in [-0.1, -0.05) is 11.8 Å². The van der Waals surface area contributed by atoms with Crippen LogP contribution >= 0.6 is 11.3 Å². The largest absolute Gasteiger partial charge is 0.394 e. The van der Waals surface area contributed by atoms with Crippen molar-refractivity contribution in [1.82, 2.24) is 4.90 Å². The van der Waals surface area contributed by atoms with Crippen LogP contribution in [0.2, 0.25) is 0 Å². The minimum absolute atomic E-state index is 0.0743. The number of thiophene rings is 1. The molecule has 0 spiro atoms. The Labute approximate surface area is 118 Å². The highest BCUT2D eigenvalue weighted by Gasteiger charge is 2.26. The number of nitrogens with two attached hydrogens (primary N) is 1. The maximum Gasteiger partial charge on any atom is 0.0933 e. The van der Waals surface area contributed by atoms with Gasteiger partial charge in [0, 0.05) is 29.6 Å². The topological polar surface area (TPSA) is 58.7 Å². The smallest absolute Gasteiger partial charge is 0.0933 e. The summed E-state index contributed by atoms with van der Waals surface area (Å²) in [5, 5.41) is 11.3. The summed E-state index contributed by atoms with van der Waals surface area (Å²) in [5.41, 5.74) is 6.48. The minimum atomic E-state index is -0.0743. The summed E-state index contributed by atoms with van der Waals surface area (Å²) in [5.74, 6) is 6.01. The van der Waals surface area contributed by atoms with Gasteiger partial charge in [0.25, 0.3) is 0 Å². The average Bonchev–Trinajstić information content (AvgIpc) is 2.86. The van der Waals surface area contributed by atoms with Crippen molar-refractivity contribution in [3.05, 3.63) is 21.9 Å². The van der Waals surface area contributed by atoms with Crippen molar-refractivity contribution in [2.45, 2.75) is 25.6 Å². The van der Waals surface area contributed by atoms with Crippen LogP contribution in [0, 0.1) is 11.8 Å². The number of aliphatic hydroxyl groups is 1. The third kappa shape index (κ3) is 3.78. The van der Waals surface area contributed by atoms with E-state index in [1.54, 1.807) is 11.3 Å². The minimum Gasteiger partial charge on any atom is -0.394 e. The lowest BCUT2D eigenvalue weighted by molar-refractivity contribution is -0.0803. The van der Waals surface area contributed by atoms with Crippen molar-refractivity contribution in [3.63, 3.8) is 0 Å². The molecule has 1 aromatic rings. The van der Waals surface area contributed by atoms with Gasteiger partial charge in [-0.05, 0) is 18.4 Å². The van der Waals surface area contributed by atoms with Gasteiger partial charge in [0.1, 0.15) is 0 Å². The Kier molecular flexibility index (Phi) is 5.37. The first-order valence-electron chi connectivity index (χ1n) is 6.46. The van der Waals surface area contributed by atoms with Gasteiger partial charge in [-0.15, -0.1) is 11.3 Å². The summed E-state index contributed by atoms with van der Waals surface area (Å²) < 4.78 is 5.55. The van der Waals surface area contributed by atoms with Crippen LogP contribution in [0.25, 0.3) is 0 Å². The number of morpholine rings is 1. The van der Waals surface area contributed by atoms with Gasteiger partial charge in [-0.25, -0.2) is 0 Å². The SMILES string of the molecule is CC1COC(CO)CN1Cc1sccc1C#CCN. The third-order valence-corrected chi connectivity index (χ3v) is 4.16. The summed E-state index contributed by atoms with van der Waals surface area (Å²) in [6.07, 6.45) is -0.0743. The summed E-state index contributed by atoms with van der Waals surface area (Å²) >= 11 is 1.72. The molecule has 1 aliphatic rings. The van der Waals surface area contributed by atoms with Crippen LogP contribution in [-0.2, 0) is 11.3 Å². The van der Waals surface area contributed by atoms with E-state index in [1.807, 2.05) is 6.07 Å². The average molecular weight is 280 g/mol. The molecular weight excluding hydrogens is 260 g/mol. The predicted molar refractivity (Wildman–Crippen MR) is 76.9 cm³/mol. The van der Waals surface area contributed by atoms with E-state index in [4.69, 9.17) is 10.5 Å². The number of aliphatic hydroxyl groups excluding tert-OH is 1. The molecule has 1 aliphatic heterocycles. The van der Waals surface area contributed by atoms with Gasteiger partial charge in [0.15, 0.2) is 0 Å². The van der Waals surface area contributed by atoms with Crippen LogP contribution in [0.15, 0.2) is 11.4 Å². The number of hydrogen-bond donors (Lipinski definition) is 2. The van der Waals surface area contributed by atoms with Crippen LogP contribution in [-0.4, -0.2) is 48.5 Å². The van der Waals surface area contributed by atoms with E-state index >= 15 is 0 Å². The van der Waals surface area contributed by atoms with E-state index in [2.05, 4.69) is 29.0 Å². The summed E-state index contributed by atoms with van der Waals surface area (Å²) in [4.78, 5) is 3.59. The lowest BCUT2D eigenvalue weighted by Gasteiger charge is -2.37. The first kappa shape index (κ1) is 14.5. The Morgan fingerprint density at radius 2 is 2.47 bits per heavy atom. The van der Waals surface area contributed by atoms with Gasteiger partial charge in [-0.2, -0.15) is 0 Å². The molecular formula is C14H20N2O2S. The number of ether oxygens (including phenoxy) is 1. The second-order valence-electron chi connectivity index (χ2n) is 4.68. The van der Waals surface area contributed by atoms with Crippen molar-refractivity contribution in [1.29, 1.82) is 0 Å². The van der Waals surface area contributed by atoms with E-state index in [1.165, 1.54) is 4.88 Å². The Morgan fingerprint density at radius 3 is 3.21 bits per heavy atom. The van der Waals surface area contributed by atoms with Crippen molar-refractivity contribution >= 4 is 11.3 Å². The molecule has 3 N–H and O–H groups in total. The molecule has 1 aromatic heterocycles. The molecule has 0 bridgehead atoms. The van der Waals surface area contributed by atoms with Crippen LogP contribution in [0.3, 0.4) is 0 Å². The van der Waals surface area contributed by atoms with Gasteiger partial charge in [0.2, 0.25) is 0 Å². The zero-order valence-electron chi connectivity index (χ0n) is 11.1. The fourth-order valence-electron chi connectivity index (χ4n) is 2.11. The predicted octanol–water partition coefficient (Wildman–Crippen LogP) is 0.640.